The number of carbonyl (C=O) groups is 5. The molecule has 37 heavy (non-hydrogen) atoms. The molecule has 0 aliphatic carbocycles. The third-order valence-electron chi connectivity index (χ3n) is 5.31. The minimum atomic E-state index is -1.36. The molecule has 3 heterocycles. The van der Waals surface area contributed by atoms with E-state index in [0.29, 0.717) is 10.2 Å². The van der Waals surface area contributed by atoms with Crippen molar-refractivity contribution >= 4 is 63.5 Å². The van der Waals surface area contributed by atoms with Gasteiger partial charge in [0.2, 0.25) is 0 Å². The maximum Gasteiger partial charge on any atom is 0.352 e. The highest BCUT2D eigenvalue weighted by molar-refractivity contribution is 8.00. The number of nitrogens with two attached hydrogens (primary N) is 1. The van der Waals surface area contributed by atoms with Gasteiger partial charge in [-0.05, 0) is 6.08 Å². The van der Waals surface area contributed by atoms with E-state index in [9.17, 15) is 34.2 Å². The molecule has 1 fully saturated rings. The normalized spacial score (nSPS) is 20.3. The topological polar surface area (TPSA) is 192 Å². The number of nitrogens with one attached hydrogen (secondary N) is 1. The first-order chi connectivity index (χ1) is 17.3. The minimum Gasteiger partial charge on any atom is -0.550 e. The summed E-state index contributed by atoms with van der Waals surface area (Å²) in [6.45, 7) is 0.228. The maximum atomic E-state index is 13.2. The smallest absolute Gasteiger partial charge is 0.352 e. The number of nitrogen functional groups attached to an aromatic ring is 1. The number of hydrogen-bond donors (Lipinski definition) is 3. The number of thiazole rings is 1. The van der Waals surface area contributed by atoms with Gasteiger partial charge in [-0.1, -0.05) is 6.08 Å². The molecule has 3 rings (SSSR count). The van der Waals surface area contributed by atoms with Crippen LogP contribution in [0.4, 0.5) is 5.13 Å². The van der Waals surface area contributed by atoms with Crippen LogP contribution in [0.1, 0.15) is 18.5 Å². The molecule has 0 aromatic carbocycles. The number of quaternary nitrogens is 1. The van der Waals surface area contributed by atoms with E-state index in [-0.39, 0.29) is 35.1 Å². The molecule has 2 aliphatic heterocycles. The van der Waals surface area contributed by atoms with Crippen LogP contribution in [0.2, 0.25) is 0 Å². The molecule has 0 spiro atoms. The third kappa shape index (κ3) is 7.08. The third-order valence-corrected chi connectivity index (χ3v) is 7.17. The van der Waals surface area contributed by atoms with E-state index in [4.69, 9.17) is 10.5 Å². The Labute approximate surface area is 220 Å². The second-order valence-corrected chi connectivity index (χ2v) is 11.4. The Morgan fingerprint density at radius 2 is 2.08 bits per heavy atom. The van der Waals surface area contributed by atoms with Crippen molar-refractivity contribution in [2.75, 3.05) is 39.2 Å². The summed E-state index contributed by atoms with van der Waals surface area (Å²) in [7, 11) is 5.44. The van der Waals surface area contributed by atoms with Crippen molar-refractivity contribution in [3.63, 3.8) is 0 Å². The lowest BCUT2D eigenvalue weighted by Crippen LogP contribution is -2.70. The van der Waals surface area contributed by atoms with Crippen molar-refractivity contribution in [3.05, 3.63) is 28.9 Å². The number of aliphatic carboxylic acids is 2. The van der Waals surface area contributed by atoms with Crippen molar-refractivity contribution in [2.24, 2.45) is 0 Å². The first kappa shape index (κ1) is 28.1. The van der Waals surface area contributed by atoms with E-state index < -0.39 is 53.7 Å². The molecule has 2 aliphatic rings. The van der Waals surface area contributed by atoms with E-state index in [2.05, 4.69) is 10.3 Å². The van der Waals surface area contributed by atoms with Gasteiger partial charge in [-0.25, -0.2) is 9.78 Å². The molecular weight excluding hydrogens is 526 g/mol. The number of likely N-dealkylation sites (N-methyl/N-ethyl adjacent to an activating group) is 1. The highest BCUT2D eigenvalue weighted by Crippen LogP contribution is 2.37. The molecule has 1 unspecified atom stereocenters. The lowest BCUT2D eigenvalue weighted by atomic mass is 10.0. The summed E-state index contributed by atoms with van der Waals surface area (Å²) in [4.78, 5) is 66.0. The molecule has 1 saturated heterocycles. The zero-order valence-corrected chi connectivity index (χ0v) is 22.0. The summed E-state index contributed by atoms with van der Waals surface area (Å²) in [5.74, 6) is -4.27. The highest BCUT2D eigenvalue weighted by atomic mass is 32.2. The number of carboxylic acid groups (broad SMARTS) is 2. The molecule has 2 amide bonds. The zero-order valence-electron chi connectivity index (χ0n) is 20.3. The number of carboxylic acids is 2. The largest absolute Gasteiger partial charge is 0.550 e. The van der Waals surface area contributed by atoms with Crippen LogP contribution in [0.5, 0.6) is 0 Å². The van der Waals surface area contributed by atoms with Crippen LogP contribution in [0.3, 0.4) is 0 Å². The molecule has 0 saturated carbocycles. The van der Waals surface area contributed by atoms with Crippen molar-refractivity contribution in [1.29, 1.82) is 0 Å². The van der Waals surface area contributed by atoms with Gasteiger partial charge in [0.15, 0.2) is 11.2 Å². The molecule has 200 valence electrons. The van der Waals surface area contributed by atoms with E-state index in [1.165, 1.54) is 29.3 Å². The summed E-state index contributed by atoms with van der Waals surface area (Å²) in [6.07, 6.45) is 0.909. The van der Waals surface area contributed by atoms with Crippen LogP contribution in [-0.4, -0.2) is 100 Å². The minimum absolute atomic E-state index is 0.0333. The number of ether oxygens (including phenoxy) is 1. The fourth-order valence-corrected chi connectivity index (χ4v) is 5.60. The number of fused-ring (bicyclic) bond motifs is 1. The van der Waals surface area contributed by atoms with Crippen LogP contribution in [0, 0.1) is 0 Å². The SMILES string of the molecule is C[N+](C)(C)CC(CC(=O)[O-])OC(=O)C/C=C(\C(=O)N[C@@H]1C(=O)N2C(C(=O)O)=CCS[C@H]12)c1csc(N)n1. The Balaban J connectivity index is 1.74. The fourth-order valence-electron chi connectivity index (χ4n) is 3.84. The molecule has 1 aromatic rings. The summed E-state index contributed by atoms with van der Waals surface area (Å²) >= 11 is 2.38. The second-order valence-electron chi connectivity index (χ2n) is 9.33. The predicted octanol–water partition coefficient (Wildman–Crippen LogP) is -1.37. The van der Waals surface area contributed by atoms with Crippen LogP contribution in [0.15, 0.2) is 23.2 Å². The molecule has 4 N–H and O–H groups in total. The maximum absolute atomic E-state index is 13.2. The van der Waals surface area contributed by atoms with Crippen LogP contribution < -0.4 is 16.2 Å². The standard InChI is InChI=1S/C22H27N5O8S2/c1-27(2,3)9-11(8-15(28)29)35-16(30)5-4-12(13-10-37-22(23)24-13)18(31)25-17-19(32)26-14(21(33)34)6-7-36-20(17)26/h4,6,10-11,17,20H,5,7-9H2,1-3H3,(H4-,23,24,25,28,29,31,33,34)/b12-4-/t11?,17-,20-/m1/s1. The zero-order chi connectivity index (χ0) is 27.5. The molecule has 1 aromatic heterocycles. The molecule has 15 heteroatoms. The van der Waals surface area contributed by atoms with E-state index in [1.807, 2.05) is 21.1 Å². The predicted molar refractivity (Wildman–Crippen MR) is 132 cm³/mol. The number of carbonyl (C=O) groups excluding carboxylic acids is 4. The number of aromatic nitrogens is 1. The van der Waals surface area contributed by atoms with Crippen LogP contribution in [-0.2, 0) is 28.7 Å². The summed E-state index contributed by atoms with van der Waals surface area (Å²) in [6, 6.07) is -0.969. The van der Waals surface area contributed by atoms with Gasteiger partial charge >= 0.3 is 11.9 Å². The number of nitrogens with zero attached hydrogens (tertiary/aromatic N) is 3. The Hall–Kier alpha value is -3.43. The van der Waals surface area contributed by atoms with E-state index in [1.54, 1.807) is 0 Å². The van der Waals surface area contributed by atoms with Gasteiger partial charge in [0, 0.05) is 23.5 Å². The highest BCUT2D eigenvalue weighted by Gasteiger charge is 2.52. The first-order valence-corrected chi connectivity index (χ1v) is 13.0. The van der Waals surface area contributed by atoms with Crippen LogP contribution >= 0.6 is 23.1 Å². The first-order valence-electron chi connectivity index (χ1n) is 11.1. The molecular formula is C22H27N5O8S2. The Kier molecular flexibility index (Phi) is 8.60. The van der Waals surface area contributed by atoms with Crippen molar-refractivity contribution in [3.8, 4) is 0 Å². The number of thioether (sulfide) groups is 1. The van der Waals surface area contributed by atoms with Gasteiger partial charge in [-0.3, -0.25) is 19.3 Å². The summed E-state index contributed by atoms with van der Waals surface area (Å²) < 4.78 is 5.67. The molecule has 3 atom stereocenters. The lowest BCUT2D eigenvalue weighted by molar-refractivity contribution is -0.873. The van der Waals surface area contributed by atoms with Gasteiger partial charge in [0.1, 0.15) is 23.7 Å². The Bertz CT molecular complexity index is 1170. The monoisotopic (exact) mass is 553 g/mol. The number of anilines is 1. The quantitative estimate of drug-likeness (QED) is 0.127. The van der Waals surface area contributed by atoms with Gasteiger partial charge < -0.3 is 35.3 Å². The van der Waals surface area contributed by atoms with Gasteiger partial charge in [0.05, 0.1) is 38.8 Å². The molecule has 0 radical (unpaired) electrons. The number of β-lactam (4-membered cyclic amide) rings is 1. The van der Waals surface area contributed by atoms with E-state index >= 15 is 0 Å². The van der Waals surface area contributed by atoms with Crippen molar-refractivity contribution < 1.29 is 43.4 Å². The number of esters is 1. The average molecular weight is 554 g/mol. The lowest BCUT2D eigenvalue weighted by Gasteiger charge is -2.48. The van der Waals surface area contributed by atoms with Gasteiger partial charge in [-0.15, -0.1) is 23.1 Å². The molecule has 13 nitrogen and oxygen atoms in total. The van der Waals surface area contributed by atoms with Crippen molar-refractivity contribution in [1.82, 2.24) is 15.2 Å². The molecule has 0 bridgehead atoms. The van der Waals surface area contributed by atoms with Crippen molar-refractivity contribution in [2.45, 2.75) is 30.4 Å². The summed E-state index contributed by atoms with van der Waals surface area (Å²) in [5.41, 5.74) is 5.71. The van der Waals surface area contributed by atoms with Gasteiger partial charge in [-0.2, -0.15) is 0 Å². The number of rotatable bonds is 11. The van der Waals surface area contributed by atoms with Gasteiger partial charge in [0.25, 0.3) is 11.8 Å². The Morgan fingerprint density at radius 1 is 1.38 bits per heavy atom. The summed E-state index contributed by atoms with van der Waals surface area (Å²) in [5, 5.41) is 24.1. The fraction of sp³-hybridized carbons (Fsp3) is 0.455. The van der Waals surface area contributed by atoms with E-state index in [0.717, 1.165) is 16.2 Å². The Morgan fingerprint density at radius 3 is 2.65 bits per heavy atom. The average Bonchev–Trinajstić information content (AvgIpc) is 3.20. The number of hydrogen-bond acceptors (Lipinski definition) is 11. The second kappa shape index (κ2) is 11.3. The number of amides is 2. The van der Waals surface area contributed by atoms with Crippen LogP contribution in [0.25, 0.3) is 5.57 Å².